The number of carbonyl (C=O) groups excluding carboxylic acids is 1. The number of nitrogens with zero attached hydrogens (tertiary/aromatic N) is 4. The second-order valence-electron chi connectivity index (χ2n) is 6.42. The summed E-state index contributed by atoms with van der Waals surface area (Å²) in [5, 5.41) is 12.0. The summed E-state index contributed by atoms with van der Waals surface area (Å²) in [6, 6.07) is 7.46. The van der Waals surface area contributed by atoms with Crippen molar-refractivity contribution in [1.82, 2.24) is 25.2 Å². The van der Waals surface area contributed by atoms with Crippen LogP contribution in [0.3, 0.4) is 0 Å². The molecule has 1 aliphatic rings. The lowest BCUT2D eigenvalue weighted by Gasteiger charge is -2.20. The number of amides is 1. The molecule has 0 spiro atoms. The lowest BCUT2D eigenvalue weighted by Crippen LogP contribution is -2.31. The highest BCUT2D eigenvalue weighted by Gasteiger charge is 2.36. The zero-order valence-electron chi connectivity index (χ0n) is 13.7. The molecule has 0 aliphatic carbocycles. The second-order valence-corrected chi connectivity index (χ2v) is 6.42. The zero-order chi connectivity index (χ0) is 16.7. The number of hydrogen-bond donors (Lipinski definition) is 1. The Morgan fingerprint density at radius 3 is 3.00 bits per heavy atom. The third-order valence-electron chi connectivity index (χ3n) is 4.45. The van der Waals surface area contributed by atoms with Crippen LogP contribution in [-0.4, -0.2) is 37.7 Å². The second kappa shape index (κ2) is 5.74. The minimum absolute atomic E-state index is 0.0979. The van der Waals surface area contributed by atoms with Crippen LogP contribution < -0.4 is 0 Å². The zero-order valence-corrected chi connectivity index (χ0v) is 13.7. The normalized spacial score (nSPS) is 18.0. The summed E-state index contributed by atoms with van der Waals surface area (Å²) in [4.78, 5) is 19.3. The Morgan fingerprint density at radius 1 is 1.38 bits per heavy atom. The van der Waals surface area contributed by atoms with Crippen molar-refractivity contribution >= 4 is 16.8 Å². The van der Waals surface area contributed by atoms with E-state index < -0.39 is 0 Å². The minimum Gasteiger partial charge on any atom is -0.337 e. The minimum atomic E-state index is -0.173. The smallest absolute Gasteiger partial charge is 0.275 e. The first-order valence-corrected chi connectivity index (χ1v) is 8.22. The Bertz CT molecular complexity index is 882. The van der Waals surface area contributed by atoms with Crippen molar-refractivity contribution < 1.29 is 9.32 Å². The number of benzene rings is 1. The van der Waals surface area contributed by atoms with Gasteiger partial charge in [-0.25, -0.2) is 0 Å². The fourth-order valence-corrected chi connectivity index (χ4v) is 3.15. The number of rotatable bonds is 3. The highest BCUT2D eigenvalue weighted by atomic mass is 16.5. The molecule has 0 saturated carbocycles. The highest BCUT2D eigenvalue weighted by Crippen LogP contribution is 2.33. The molecule has 2 aromatic heterocycles. The van der Waals surface area contributed by atoms with Gasteiger partial charge in [0, 0.05) is 17.8 Å². The van der Waals surface area contributed by atoms with Crippen molar-refractivity contribution in [1.29, 1.82) is 0 Å². The van der Waals surface area contributed by atoms with E-state index in [1.54, 1.807) is 4.90 Å². The SMILES string of the molecule is CC(C)c1noc([C@H]2CCCN2C(=O)c2n[nH]c3ccccc23)n1. The van der Waals surface area contributed by atoms with E-state index in [1.165, 1.54) is 0 Å². The number of aromatic amines is 1. The molecule has 1 aliphatic heterocycles. The van der Waals surface area contributed by atoms with Gasteiger partial charge in [-0.2, -0.15) is 10.1 Å². The average Bonchev–Trinajstić information content (AvgIpc) is 3.31. The summed E-state index contributed by atoms with van der Waals surface area (Å²) in [6.45, 7) is 4.70. The van der Waals surface area contributed by atoms with E-state index in [0.717, 1.165) is 23.7 Å². The summed E-state index contributed by atoms with van der Waals surface area (Å²) in [5.74, 6) is 1.29. The number of nitrogens with one attached hydrogen (secondary N) is 1. The number of H-pyrrole nitrogens is 1. The van der Waals surface area contributed by atoms with E-state index >= 15 is 0 Å². The fraction of sp³-hybridized carbons (Fsp3) is 0.412. The first kappa shape index (κ1) is 14.9. The monoisotopic (exact) mass is 325 g/mol. The van der Waals surface area contributed by atoms with Crippen LogP contribution in [0.5, 0.6) is 0 Å². The molecule has 1 N–H and O–H groups in total. The molecule has 1 fully saturated rings. The molecule has 7 nitrogen and oxygen atoms in total. The maximum absolute atomic E-state index is 13.0. The van der Waals surface area contributed by atoms with Crippen molar-refractivity contribution in [2.75, 3.05) is 6.54 Å². The van der Waals surface area contributed by atoms with E-state index in [0.29, 0.717) is 24.0 Å². The number of carbonyl (C=O) groups is 1. The standard InChI is InChI=1S/C17H19N5O2/c1-10(2)15-18-16(24-21-15)13-8-5-9-22(13)17(23)14-11-6-3-4-7-12(11)19-20-14/h3-4,6-7,10,13H,5,8-9H2,1-2H3,(H,19,20)/t13-/m1/s1. The lowest BCUT2D eigenvalue weighted by atomic mass is 10.1. The predicted molar refractivity (Wildman–Crippen MR) is 87.5 cm³/mol. The highest BCUT2D eigenvalue weighted by molar-refractivity contribution is 6.04. The van der Waals surface area contributed by atoms with Crippen LogP contribution in [0.15, 0.2) is 28.8 Å². The van der Waals surface area contributed by atoms with Gasteiger partial charge >= 0.3 is 0 Å². The van der Waals surface area contributed by atoms with Crippen LogP contribution in [0.1, 0.15) is 60.9 Å². The van der Waals surface area contributed by atoms with Gasteiger partial charge in [-0.15, -0.1) is 0 Å². The molecule has 1 aromatic carbocycles. The number of para-hydroxylation sites is 1. The Hall–Kier alpha value is -2.70. The van der Waals surface area contributed by atoms with Gasteiger partial charge in [0.15, 0.2) is 11.5 Å². The molecular weight excluding hydrogens is 306 g/mol. The summed E-state index contributed by atoms with van der Waals surface area (Å²) in [7, 11) is 0. The summed E-state index contributed by atoms with van der Waals surface area (Å²) >= 11 is 0. The number of fused-ring (bicyclic) bond motifs is 1. The Labute approximate surface area is 139 Å². The number of hydrogen-bond acceptors (Lipinski definition) is 5. The molecule has 1 atom stereocenters. The summed E-state index contributed by atoms with van der Waals surface area (Å²) in [5.41, 5.74) is 1.30. The van der Waals surface area contributed by atoms with Crippen molar-refractivity contribution in [2.45, 2.75) is 38.6 Å². The third kappa shape index (κ3) is 2.36. The molecule has 0 radical (unpaired) electrons. The summed E-state index contributed by atoms with van der Waals surface area (Å²) < 4.78 is 5.41. The van der Waals surface area contributed by atoms with Crippen LogP contribution in [0.4, 0.5) is 0 Å². The van der Waals surface area contributed by atoms with Gasteiger partial charge < -0.3 is 9.42 Å². The topological polar surface area (TPSA) is 87.9 Å². The molecule has 7 heteroatoms. The molecule has 0 unspecified atom stereocenters. The number of likely N-dealkylation sites (tertiary alicyclic amines) is 1. The molecule has 24 heavy (non-hydrogen) atoms. The Kier molecular flexibility index (Phi) is 3.55. The first-order chi connectivity index (χ1) is 11.6. The molecule has 3 aromatic rings. The van der Waals surface area contributed by atoms with Gasteiger partial charge in [0.05, 0.1) is 5.52 Å². The predicted octanol–water partition coefficient (Wildman–Crippen LogP) is 3.05. The number of aromatic nitrogens is 4. The van der Waals surface area contributed by atoms with Crippen molar-refractivity contribution in [3.63, 3.8) is 0 Å². The van der Waals surface area contributed by atoms with Crippen LogP contribution >= 0.6 is 0 Å². The van der Waals surface area contributed by atoms with E-state index in [4.69, 9.17) is 4.52 Å². The van der Waals surface area contributed by atoms with Gasteiger partial charge in [0.2, 0.25) is 5.89 Å². The molecule has 124 valence electrons. The molecular formula is C17H19N5O2. The van der Waals surface area contributed by atoms with Crippen LogP contribution in [0.2, 0.25) is 0 Å². The maximum Gasteiger partial charge on any atom is 0.275 e. The van der Waals surface area contributed by atoms with E-state index in [9.17, 15) is 4.79 Å². The maximum atomic E-state index is 13.0. The first-order valence-electron chi connectivity index (χ1n) is 8.22. The largest absolute Gasteiger partial charge is 0.337 e. The Morgan fingerprint density at radius 2 is 2.21 bits per heavy atom. The van der Waals surface area contributed by atoms with Crippen LogP contribution in [0, 0.1) is 0 Å². The lowest BCUT2D eigenvalue weighted by molar-refractivity contribution is 0.0706. The van der Waals surface area contributed by atoms with Gasteiger partial charge in [-0.05, 0) is 18.9 Å². The summed E-state index contributed by atoms with van der Waals surface area (Å²) in [6.07, 6.45) is 1.74. The van der Waals surface area contributed by atoms with E-state index in [1.807, 2.05) is 38.1 Å². The van der Waals surface area contributed by atoms with Gasteiger partial charge in [-0.1, -0.05) is 37.2 Å². The van der Waals surface area contributed by atoms with Crippen molar-refractivity contribution in [2.24, 2.45) is 0 Å². The average molecular weight is 325 g/mol. The van der Waals surface area contributed by atoms with Gasteiger partial charge in [0.25, 0.3) is 5.91 Å². The molecule has 1 saturated heterocycles. The fourth-order valence-electron chi connectivity index (χ4n) is 3.15. The van der Waals surface area contributed by atoms with E-state index in [-0.39, 0.29) is 17.9 Å². The quantitative estimate of drug-likeness (QED) is 0.799. The van der Waals surface area contributed by atoms with Gasteiger partial charge in [0.1, 0.15) is 6.04 Å². The van der Waals surface area contributed by atoms with E-state index in [2.05, 4.69) is 20.3 Å². The molecule has 1 amide bonds. The molecule has 0 bridgehead atoms. The third-order valence-corrected chi connectivity index (χ3v) is 4.45. The van der Waals surface area contributed by atoms with Crippen LogP contribution in [0.25, 0.3) is 10.9 Å². The molecule has 3 heterocycles. The van der Waals surface area contributed by atoms with Crippen LogP contribution in [-0.2, 0) is 0 Å². The van der Waals surface area contributed by atoms with Gasteiger partial charge in [-0.3, -0.25) is 9.89 Å². The Balaban J connectivity index is 1.65. The molecule has 4 rings (SSSR count). The van der Waals surface area contributed by atoms with Crippen molar-refractivity contribution in [3.05, 3.63) is 41.7 Å². The van der Waals surface area contributed by atoms with Crippen molar-refractivity contribution in [3.8, 4) is 0 Å².